The van der Waals surface area contributed by atoms with Crippen molar-refractivity contribution in [2.24, 2.45) is 0 Å². The van der Waals surface area contributed by atoms with Crippen LogP contribution in [0.1, 0.15) is 22.3 Å². The summed E-state index contributed by atoms with van der Waals surface area (Å²) in [6.45, 7) is 0. The van der Waals surface area contributed by atoms with Gasteiger partial charge >= 0.3 is 0 Å². The van der Waals surface area contributed by atoms with Gasteiger partial charge in [0, 0.05) is 27.6 Å². The van der Waals surface area contributed by atoms with E-state index in [1.807, 2.05) is 36.4 Å². The predicted octanol–water partition coefficient (Wildman–Crippen LogP) is 9.93. The molecule has 7 aromatic carbocycles. The lowest BCUT2D eigenvalue weighted by Gasteiger charge is -2.22. The normalized spacial score (nSPS) is 14.0. The minimum absolute atomic E-state index is 0.387. The number of hydrogen-bond donors (Lipinski definition) is 0. The maximum absolute atomic E-state index is 13.1. The SMILES string of the molecule is COc1ccc2c(c1)c1cc(OC)ccc1n2-c1ccc2c(c1)Cc1cc3ccc(-c4ccc5c(c4)-c4ccccc4S5(=O)=O)cc3cc1C2. The molecule has 0 saturated heterocycles. The molecule has 8 aromatic rings. The fraction of sp³-hybridized carbons (Fsp3) is 0.0909. The lowest BCUT2D eigenvalue weighted by molar-refractivity contribution is 0.415. The van der Waals surface area contributed by atoms with Gasteiger partial charge in [0.2, 0.25) is 9.84 Å². The van der Waals surface area contributed by atoms with Crippen LogP contribution in [0.25, 0.3) is 60.5 Å². The summed E-state index contributed by atoms with van der Waals surface area (Å²) in [5.41, 5.74) is 12.4. The Hall–Kier alpha value is -5.85. The second kappa shape index (κ2) is 10.6. The molecule has 242 valence electrons. The first-order valence-electron chi connectivity index (χ1n) is 16.7. The average Bonchev–Trinajstić information content (AvgIpc) is 3.59. The fourth-order valence-corrected chi connectivity index (χ4v) is 9.78. The molecule has 2 heterocycles. The van der Waals surface area contributed by atoms with Crippen molar-refractivity contribution >= 4 is 42.4 Å². The van der Waals surface area contributed by atoms with Crippen LogP contribution in [0.15, 0.2) is 137 Å². The van der Waals surface area contributed by atoms with Gasteiger partial charge in [-0.3, -0.25) is 0 Å². The first kappa shape index (κ1) is 29.1. The molecule has 10 rings (SSSR count). The van der Waals surface area contributed by atoms with Crippen LogP contribution in [0.2, 0.25) is 0 Å². The summed E-state index contributed by atoms with van der Waals surface area (Å²) < 4.78 is 39.8. The maximum Gasteiger partial charge on any atom is 0.207 e. The van der Waals surface area contributed by atoms with Crippen molar-refractivity contribution < 1.29 is 17.9 Å². The Labute approximate surface area is 289 Å². The molecular formula is C44H31NO4S. The zero-order chi connectivity index (χ0) is 33.7. The van der Waals surface area contributed by atoms with E-state index < -0.39 is 9.84 Å². The highest BCUT2D eigenvalue weighted by molar-refractivity contribution is 7.92. The molecule has 0 spiro atoms. The van der Waals surface area contributed by atoms with E-state index in [-0.39, 0.29) is 0 Å². The molecule has 1 aromatic heterocycles. The molecule has 5 nitrogen and oxygen atoms in total. The van der Waals surface area contributed by atoms with Crippen molar-refractivity contribution in [3.63, 3.8) is 0 Å². The van der Waals surface area contributed by atoms with Crippen LogP contribution in [-0.4, -0.2) is 27.2 Å². The second-order valence-electron chi connectivity index (χ2n) is 13.3. The van der Waals surface area contributed by atoms with Gasteiger partial charge in [0.1, 0.15) is 11.5 Å². The summed E-state index contributed by atoms with van der Waals surface area (Å²) in [5, 5.41) is 4.64. The number of sulfone groups is 1. The van der Waals surface area contributed by atoms with E-state index in [1.54, 1.807) is 32.4 Å². The number of benzene rings is 7. The Balaban J connectivity index is 1.02. The Morgan fingerprint density at radius 2 is 1.14 bits per heavy atom. The molecule has 0 atom stereocenters. The van der Waals surface area contributed by atoms with Crippen molar-refractivity contribution in [2.75, 3.05) is 14.2 Å². The largest absolute Gasteiger partial charge is 0.497 e. The summed E-state index contributed by atoms with van der Waals surface area (Å²) in [4.78, 5) is 0.777. The Morgan fingerprint density at radius 3 is 1.88 bits per heavy atom. The number of methoxy groups -OCH3 is 2. The second-order valence-corrected chi connectivity index (χ2v) is 15.2. The lowest BCUT2D eigenvalue weighted by Crippen LogP contribution is -2.08. The quantitative estimate of drug-likeness (QED) is 0.187. The van der Waals surface area contributed by atoms with E-state index >= 15 is 0 Å². The molecule has 1 aliphatic carbocycles. The van der Waals surface area contributed by atoms with E-state index in [0.29, 0.717) is 9.79 Å². The highest BCUT2D eigenvalue weighted by atomic mass is 32.2. The number of hydrogen-bond acceptors (Lipinski definition) is 4. The van der Waals surface area contributed by atoms with Gasteiger partial charge in [0.05, 0.1) is 35.0 Å². The number of rotatable bonds is 4. The Kier molecular flexibility index (Phi) is 6.15. The number of aromatic nitrogens is 1. The van der Waals surface area contributed by atoms with Crippen LogP contribution in [-0.2, 0) is 22.7 Å². The molecular weight excluding hydrogens is 639 g/mol. The Morgan fingerprint density at radius 1 is 0.520 bits per heavy atom. The minimum atomic E-state index is -3.48. The maximum atomic E-state index is 13.1. The van der Waals surface area contributed by atoms with E-state index in [9.17, 15) is 8.42 Å². The number of nitrogens with zero attached hydrogens (tertiary/aromatic N) is 1. The van der Waals surface area contributed by atoms with Crippen molar-refractivity contribution in [1.29, 1.82) is 0 Å². The molecule has 2 aliphatic rings. The van der Waals surface area contributed by atoms with Crippen molar-refractivity contribution in [3.05, 3.63) is 150 Å². The van der Waals surface area contributed by atoms with E-state index in [4.69, 9.17) is 9.47 Å². The summed E-state index contributed by atoms with van der Waals surface area (Å²) in [6.07, 6.45) is 1.74. The number of fused-ring (bicyclic) bond motifs is 9. The standard InChI is InChI=1S/C44H31NO4S/c1-48-35-12-14-41-38(24-35)39-25-36(49-2)13-15-42(39)45(41)34-11-9-28-19-31-20-30-17-26(7-8-27(30)18-32(31)21-33(28)22-34)29-10-16-44-40(23-29)37-5-3-4-6-43(37)50(44,46)47/h3-18,20,22-25H,19,21H2,1-2H3. The van der Waals surface area contributed by atoms with Crippen LogP contribution in [0.5, 0.6) is 11.5 Å². The van der Waals surface area contributed by atoms with Gasteiger partial charge < -0.3 is 14.0 Å². The highest BCUT2D eigenvalue weighted by Gasteiger charge is 2.32. The molecule has 6 heteroatoms. The van der Waals surface area contributed by atoms with E-state index in [1.165, 1.54) is 33.0 Å². The summed E-state index contributed by atoms with van der Waals surface area (Å²) in [7, 11) is -0.0798. The monoisotopic (exact) mass is 669 g/mol. The fourth-order valence-electron chi connectivity index (χ4n) is 8.11. The molecule has 0 bridgehead atoms. The smallest absolute Gasteiger partial charge is 0.207 e. The summed E-state index contributed by atoms with van der Waals surface area (Å²) >= 11 is 0. The van der Waals surface area contributed by atoms with Crippen LogP contribution in [0.3, 0.4) is 0 Å². The number of ether oxygens (including phenoxy) is 2. The van der Waals surface area contributed by atoms with Gasteiger partial charge in [-0.1, -0.05) is 54.6 Å². The molecule has 0 saturated carbocycles. The molecule has 1 aliphatic heterocycles. The molecule has 0 unspecified atom stereocenters. The van der Waals surface area contributed by atoms with Crippen molar-refractivity contribution in [3.8, 4) is 39.4 Å². The third-order valence-electron chi connectivity index (χ3n) is 10.6. The van der Waals surface area contributed by atoms with Crippen LogP contribution in [0, 0.1) is 0 Å². The van der Waals surface area contributed by atoms with E-state index in [0.717, 1.165) is 74.1 Å². The van der Waals surface area contributed by atoms with Crippen LogP contribution in [0.4, 0.5) is 0 Å². The first-order valence-corrected chi connectivity index (χ1v) is 18.2. The summed E-state index contributed by atoms with van der Waals surface area (Å²) in [6, 6.07) is 43.6. The lowest BCUT2D eigenvalue weighted by atomic mass is 9.84. The first-order chi connectivity index (χ1) is 24.4. The zero-order valence-corrected chi connectivity index (χ0v) is 28.3. The van der Waals surface area contributed by atoms with Crippen molar-refractivity contribution in [2.45, 2.75) is 22.6 Å². The zero-order valence-electron chi connectivity index (χ0n) is 27.5. The summed E-state index contributed by atoms with van der Waals surface area (Å²) in [5.74, 6) is 1.66. The molecule has 0 radical (unpaired) electrons. The van der Waals surface area contributed by atoms with Gasteiger partial charge in [-0.05, 0) is 130 Å². The molecule has 0 N–H and O–H groups in total. The molecule has 50 heavy (non-hydrogen) atoms. The Bertz CT molecular complexity index is 2800. The molecule has 0 amide bonds. The third kappa shape index (κ3) is 4.21. The van der Waals surface area contributed by atoms with Gasteiger partial charge in [-0.2, -0.15) is 0 Å². The van der Waals surface area contributed by atoms with E-state index in [2.05, 4.69) is 77.4 Å². The minimum Gasteiger partial charge on any atom is -0.497 e. The predicted molar refractivity (Wildman–Crippen MR) is 200 cm³/mol. The average molecular weight is 670 g/mol. The van der Waals surface area contributed by atoms with Gasteiger partial charge in [0.25, 0.3) is 0 Å². The topological polar surface area (TPSA) is 57.5 Å². The highest BCUT2D eigenvalue weighted by Crippen LogP contribution is 2.45. The van der Waals surface area contributed by atoms with Gasteiger partial charge in [-0.15, -0.1) is 0 Å². The third-order valence-corrected chi connectivity index (χ3v) is 12.5. The van der Waals surface area contributed by atoms with Gasteiger partial charge in [-0.25, -0.2) is 8.42 Å². The van der Waals surface area contributed by atoms with Gasteiger partial charge in [0.15, 0.2) is 0 Å². The van der Waals surface area contributed by atoms with Crippen LogP contribution < -0.4 is 9.47 Å². The molecule has 0 fully saturated rings. The van der Waals surface area contributed by atoms with Crippen molar-refractivity contribution in [1.82, 2.24) is 4.57 Å². The van der Waals surface area contributed by atoms with Crippen LogP contribution >= 0.6 is 0 Å².